The minimum absolute atomic E-state index is 0.0564. The summed E-state index contributed by atoms with van der Waals surface area (Å²) in [7, 11) is 0. The maximum Gasteiger partial charge on any atom is 0.170 e. The van der Waals surface area contributed by atoms with E-state index in [2.05, 4.69) is 0 Å². The predicted molar refractivity (Wildman–Crippen MR) is 179 cm³/mol. The third-order valence-corrected chi connectivity index (χ3v) is 14.2. The Balaban J connectivity index is 1.03. The number of hydrogen-bond donors (Lipinski definition) is 0. The molecule has 0 radical (unpaired) electrons. The van der Waals surface area contributed by atoms with E-state index in [-0.39, 0.29) is 21.9 Å². The number of fused-ring (bicyclic) bond motifs is 1. The van der Waals surface area contributed by atoms with Crippen molar-refractivity contribution >= 4 is 77.7 Å². The van der Waals surface area contributed by atoms with Gasteiger partial charge in [-0.15, -0.1) is 45.3 Å². The topological polar surface area (TPSA) is 25.8 Å². The van der Waals surface area contributed by atoms with Gasteiger partial charge in [0.05, 0.1) is 20.9 Å². The number of nitrogens with zero attached hydrogens (tertiary/aromatic N) is 2. The second-order valence-corrected chi connectivity index (χ2v) is 16.3. The fraction of sp³-hybridized carbons (Fsp3) is 0. The van der Waals surface area contributed by atoms with Crippen molar-refractivity contribution in [1.82, 2.24) is 9.97 Å². The minimum Gasteiger partial charge on any atom is -0.222 e. The Labute approximate surface area is 288 Å². The maximum absolute atomic E-state index is 14.3. The van der Waals surface area contributed by atoms with Crippen LogP contribution in [0.5, 0.6) is 0 Å². The van der Waals surface area contributed by atoms with Crippen molar-refractivity contribution in [2.24, 2.45) is 0 Å². The van der Waals surface area contributed by atoms with Gasteiger partial charge in [0.25, 0.3) is 0 Å². The lowest BCUT2D eigenvalue weighted by Crippen LogP contribution is -1.97. The van der Waals surface area contributed by atoms with Crippen LogP contribution >= 0.6 is 68.0 Å². The summed E-state index contributed by atoms with van der Waals surface area (Å²) in [6.45, 7) is 0. The van der Waals surface area contributed by atoms with Gasteiger partial charge in [0, 0.05) is 41.4 Å². The van der Waals surface area contributed by atoms with Crippen LogP contribution in [0.2, 0.25) is 0 Å². The molecule has 6 heterocycles. The molecule has 0 aliphatic heterocycles. The fourth-order valence-electron chi connectivity index (χ4n) is 4.81. The smallest absolute Gasteiger partial charge is 0.170 e. The molecule has 0 unspecified atom stereocenters. The first kappa shape index (κ1) is 31.5. The van der Waals surface area contributed by atoms with Crippen LogP contribution in [-0.2, 0) is 0 Å². The number of benzene rings is 2. The summed E-state index contributed by atoms with van der Waals surface area (Å²) in [5.41, 5.74) is -1.49. The SMILES string of the molecule is Fc1cc(F)c(F)c(-c2ccc(-c3ccc(-c4nc5sc(-c6ccc(-c7ccc(-c8c(F)c(F)cc(F)c8F)s7)s6)nc5s4)s3)s2)c1F. The second kappa shape index (κ2) is 12.0. The van der Waals surface area contributed by atoms with Crippen LogP contribution in [-0.4, -0.2) is 9.97 Å². The number of aromatic nitrogens is 2. The van der Waals surface area contributed by atoms with Crippen molar-refractivity contribution in [2.75, 3.05) is 0 Å². The average Bonchev–Trinajstić information content (AvgIpc) is 3.88. The molecule has 0 bridgehead atoms. The summed E-state index contributed by atoms with van der Waals surface area (Å²) in [5.74, 6) is -11.7. The predicted octanol–water partition coefficient (Wildman–Crippen LogP) is 13.1. The standard InChI is InChI=1S/C32H10F8N2S6/c33-11-9-12(34)26(38)23(25(11)37)19-5-1-15(43-19)17-3-7-21(45-17)29-41-31-32(47-29)42-30(48-31)22-8-4-18(46-22)16-2-6-20(44-16)24-27(39)13(35)10-14(36)28(24)40/h1-10H. The summed E-state index contributed by atoms with van der Waals surface area (Å²) in [6, 6.07) is 13.9. The second-order valence-electron chi connectivity index (χ2n) is 9.99. The lowest BCUT2D eigenvalue weighted by molar-refractivity contribution is 0.458. The van der Waals surface area contributed by atoms with E-state index < -0.39 is 57.7 Å². The average molecular weight is 767 g/mol. The van der Waals surface area contributed by atoms with Gasteiger partial charge < -0.3 is 0 Å². The molecule has 0 saturated carbocycles. The molecule has 0 amide bonds. The number of thiophene rings is 4. The summed E-state index contributed by atoms with van der Waals surface area (Å²) in [5, 5.41) is 1.44. The highest BCUT2D eigenvalue weighted by Gasteiger charge is 2.24. The summed E-state index contributed by atoms with van der Waals surface area (Å²) < 4.78 is 112. The zero-order chi connectivity index (χ0) is 33.4. The molecular formula is C32H10F8N2S6. The molecule has 0 atom stereocenters. The van der Waals surface area contributed by atoms with Gasteiger partial charge in [0.1, 0.15) is 10.0 Å². The molecule has 48 heavy (non-hydrogen) atoms. The van der Waals surface area contributed by atoms with Gasteiger partial charge in [0.15, 0.2) is 56.2 Å². The van der Waals surface area contributed by atoms with Crippen molar-refractivity contribution < 1.29 is 35.1 Å². The van der Waals surface area contributed by atoms with Crippen molar-refractivity contribution in [3.8, 4) is 60.2 Å². The van der Waals surface area contributed by atoms with Crippen LogP contribution in [0, 0.1) is 46.5 Å². The zero-order valence-electron chi connectivity index (χ0n) is 23.1. The van der Waals surface area contributed by atoms with E-state index in [0.717, 1.165) is 52.2 Å². The molecule has 8 aromatic rings. The van der Waals surface area contributed by atoms with E-state index in [1.54, 1.807) is 12.1 Å². The summed E-state index contributed by atoms with van der Waals surface area (Å²) in [4.78, 5) is 15.6. The molecule has 0 fully saturated rings. The molecular weight excluding hydrogens is 757 g/mol. The highest BCUT2D eigenvalue weighted by Crippen LogP contribution is 2.46. The van der Waals surface area contributed by atoms with Gasteiger partial charge in [-0.1, -0.05) is 22.7 Å². The lowest BCUT2D eigenvalue weighted by atomic mass is 10.1. The van der Waals surface area contributed by atoms with E-state index in [1.807, 2.05) is 24.3 Å². The van der Waals surface area contributed by atoms with Gasteiger partial charge >= 0.3 is 0 Å². The summed E-state index contributed by atoms with van der Waals surface area (Å²) >= 11 is 7.59. The Morgan fingerprint density at radius 3 is 0.938 bits per heavy atom. The van der Waals surface area contributed by atoms with E-state index in [4.69, 9.17) is 9.97 Å². The number of rotatable bonds is 6. The Bertz CT molecular complexity index is 2280. The first-order chi connectivity index (χ1) is 23.0. The van der Waals surface area contributed by atoms with Gasteiger partial charge in [-0.05, 0) is 48.5 Å². The van der Waals surface area contributed by atoms with Crippen molar-refractivity contribution in [3.63, 3.8) is 0 Å². The molecule has 0 saturated heterocycles. The molecule has 0 aliphatic carbocycles. The van der Waals surface area contributed by atoms with Crippen LogP contribution in [0.4, 0.5) is 35.1 Å². The molecule has 240 valence electrons. The van der Waals surface area contributed by atoms with Crippen LogP contribution < -0.4 is 0 Å². The third-order valence-electron chi connectivity index (χ3n) is 7.02. The van der Waals surface area contributed by atoms with E-state index in [1.165, 1.54) is 57.5 Å². The lowest BCUT2D eigenvalue weighted by Gasteiger charge is -2.04. The normalized spacial score (nSPS) is 11.8. The largest absolute Gasteiger partial charge is 0.222 e. The highest BCUT2D eigenvalue weighted by atomic mass is 32.1. The van der Waals surface area contributed by atoms with E-state index >= 15 is 0 Å². The van der Waals surface area contributed by atoms with Crippen molar-refractivity contribution in [3.05, 3.63) is 107 Å². The maximum atomic E-state index is 14.3. The van der Waals surface area contributed by atoms with Gasteiger partial charge in [-0.3, -0.25) is 0 Å². The van der Waals surface area contributed by atoms with Gasteiger partial charge in [-0.25, -0.2) is 45.1 Å². The first-order valence-corrected chi connectivity index (χ1v) is 18.3. The van der Waals surface area contributed by atoms with Crippen LogP contribution in [0.15, 0.2) is 60.7 Å². The highest BCUT2D eigenvalue weighted by molar-refractivity contribution is 7.33. The van der Waals surface area contributed by atoms with Crippen LogP contribution in [0.25, 0.3) is 69.8 Å². The Morgan fingerprint density at radius 1 is 0.333 bits per heavy atom. The Hall–Kier alpha value is -3.80. The van der Waals surface area contributed by atoms with E-state index in [0.29, 0.717) is 19.4 Å². The molecule has 6 aromatic heterocycles. The molecule has 8 rings (SSSR count). The fourth-order valence-corrected chi connectivity index (χ4v) is 11.2. The number of hydrogen-bond acceptors (Lipinski definition) is 8. The first-order valence-electron chi connectivity index (χ1n) is 13.4. The third kappa shape index (κ3) is 5.31. The van der Waals surface area contributed by atoms with Crippen LogP contribution in [0.1, 0.15) is 0 Å². The number of halogens is 8. The molecule has 2 nitrogen and oxygen atoms in total. The van der Waals surface area contributed by atoms with Gasteiger partial charge in [0.2, 0.25) is 0 Å². The van der Waals surface area contributed by atoms with Crippen molar-refractivity contribution in [1.29, 1.82) is 0 Å². The zero-order valence-corrected chi connectivity index (χ0v) is 28.0. The minimum atomic E-state index is -1.47. The van der Waals surface area contributed by atoms with E-state index in [9.17, 15) is 35.1 Å². The summed E-state index contributed by atoms with van der Waals surface area (Å²) in [6.07, 6.45) is 0. The quantitative estimate of drug-likeness (QED) is 0.124. The van der Waals surface area contributed by atoms with Crippen molar-refractivity contribution in [2.45, 2.75) is 0 Å². The van der Waals surface area contributed by atoms with Crippen LogP contribution in [0.3, 0.4) is 0 Å². The molecule has 0 spiro atoms. The molecule has 2 aromatic carbocycles. The number of thiazole rings is 2. The molecule has 16 heteroatoms. The molecule has 0 aliphatic rings. The Morgan fingerprint density at radius 2 is 0.604 bits per heavy atom. The Kier molecular flexibility index (Phi) is 7.84. The molecule has 0 N–H and O–H groups in total. The van der Waals surface area contributed by atoms with Gasteiger partial charge in [-0.2, -0.15) is 0 Å². The monoisotopic (exact) mass is 766 g/mol.